The lowest BCUT2D eigenvalue weighted by Gasteiger charge is -2.43. The van der Waals surface area contributed by atoms with Crippen LogP contribution in [0.4, 0.5) is 0 Å². The third kappa shape index (κ3) is 6.66. The van der Waals surface area contributed by atoms with Crippen LogP contribution in [-0.2, 0) is 25.7 Å². The van der Waals surface area contributed by atoms with Crippen LogP contribution in [-0.4, -0.2) is 78.7 Å². The van der Waals surface area contributed by atoms with E-state index in [0.29, 0.717) is 28.7 Å². The van der Waals surface area contributed by atoms with Gasteiger partial charge in [0.25, 0.3) is 0 Å². The van der Waals surface area contributed by atoms with Crippen LogP contribution >= 0.6 is 0 Å². The summed E-state index contributed by atoms with van der Waals surface area (Å²) in [6.07, 6.45) is 3.50. The van der Waals surface area contributed by atoms with E-state index < -0.39 is 0 Å². The van der Waals surface area contributed by atoms with Crippen molar-refractivity contribution in [3.05, 3.63) is 94.0 Å². The summed E-state index contributed by atoms with van der Waals surface area (Å²) in [6.45, 7) is 2.01. The summed E-state index contributed by atoms with van der Waals surface area (Å²) in [7, 11) is 16.0. The lowest BCUT2D eigenvalue weighted by atomic mass is 9.85. The van der Waals surface area contributed by atoms with Gasteiger partial charge in [-0.3, -0.25) is 0 Å². The average molecular weight is 724 g/mol. The van der Waals surface area contributed by atoms with Crippen molar-refractivity contribution in [2.24, 2.45) is 0 Å². The maximum absolute atomic E-state index is 6.86. The van der Waals surface area contributed by atoms with Gasteiger partial charge in [0.05, 0.1) is 75.3 Å². The Morgan fingerprint density at radius 2 is 1.16 bits per heavy atom. The number of benzene rings is 4. The number of quaternary nitrogens is 2. The third-order valence-corrected chi connectivity index (χ3v) is 10.9. The van der Waals surface area contributed by atoms with Crippen molar-refractivity contribution < 1.29 is 62.2 Å². The average Bonchev–Trinajstić information content (AvgIpc) is 3.07. The minimum Gasteiger partial charge on any atom is -1.00 e. The maximum atomic E-state index is 6.86. The fourth-order valence-electron chi connectivity index (χ4n) is 7.95. The number of rotatable bonds is 4. The van der Waals surface area contributed by atoms with Crippen molar-refractivity contribution in [3.63, 3.8) is 0 Å². The zero-order valence-electron chi connectivity index (χ0n) is 30.3. The smallest absolute Gasteiger partial charge is 0.204 e. The van der Waals surface area contributed by atoms with Gasteiger partial charge in [0.2, 0.25) is 5.75 Å². The standard InChI is InChI=1S/C40H48N2O6.2ClH/c1-41(2)17-15-27-22-34(44-6)36-24-30(27)31(41)19-25-9-12-29(13-10-25)47-40-38-28(23-37(45-7)39(40)46-8)16-18-42(3,4)32(38)20-26-11-14-33(43-5)35(21-26)48-36;;/h9-14,21-24,31-32H,15-20H2,1-8H3;2*1H/q+2;;/p-2. The Morgan fingerprint density at radius 3 is 1.82 bits per heavy atom. The summed E-state index contributed by atoms with van der Waals surface area (Å²) in [5, 5.41) is 0. The molecule has 50 heavy (non-hydrogen) atoms. The Labute approximate surface area is 308 Å². The first kappa shape index (κ1) is 37.4. The first-order chi connectivity index (χ1) is 23.0. The Hall–Kier alpha value is -3.82. The minimum atomic E-state index is 0. The molecule has 0 aliphatic carbocycles. The Kier molecular flexibility index (Phi) is 10.8. The number of methoxy groups -OCH3 is 4. The number of nitrogens with zero attached hydrogens (tertiary/aromatic N) is 2. The third-order valence-electron chi connectivity index (χ3n) is 10.9. The molecule has 0 aromatic heterocycles. The Bertz CT molecular complexity index is 1860. The summed E-state index contributed by atoms with van der Waals surface area (Å²) >= 11 is 0. The number of hydrogen-bond acceptors (Lipinski definition) is 6. The van der Waals surface area contributed by atoms with Gasteiger partial charge in [0.15, 0.2) is 34.5 Å². The van der Waals surface area contributed by atoms with Gasteiger partial charge in [-0.1, -0.05) is 18.2 Å². The maximum Gasteiger partial charge on any atom is 0.204 e. The molecular weight excluding hydrogens is 675 g/mol. The molecule has 0 fully saturated rings. The van der Waals surface area contributed by atoms with Crippen LogP contribution in [0.25, 0.3) is 0 Å². The summed E-state index contributed by atoms with van der Waals surface area (Å²) < 4.78 is 39.0. The first-order valence-electron chi connectivity index (χ1n) is 16.8. The lowest BCUT2D eigenvalue weighted by molar-refractivity contribution is -0.923. The Balaban J connectivity index is 0.00000243. The molecule has 4 aliphatic heterocycles. The molecule has 4 aliphatic rings. The number of hydrogen-bond donors (Lipinski definition) is 0. The van der Waals surface area contributed by atoms with E-state index in [1.165, 1.54) is 22.3 Å². The van der Waals surface area contributed by atoms with Crippen LogP contribution in [0.3, 0.4) is 0 Å². The highest BCUT2D eigenvalue weighted by molar-refractivity contribution is 5.62. The zero-order valence-corrected chi connectivity index (χ0v) is 31.8. The van der Waals surface area contributed by atoms with Crippen molar-refractivity contribution >= 4 is 0 Å². The monoisotopic (exact) mass is 722 g/mol. The molecule has 2 unspecified atom stereocenters. The van der Waals surface area contributed by atoms with E-state index in [-0.39, 0.29) is 36.9 Å². The molecule has 0 N–H and O–H groups in total. The molecule has 4 aromatic rings. The molecule has 0 saturated carbocycles. The van der Waals surface area contributed by atoms with Gasteiger partial charge in [-0.15, -0.1) is 0 Å². The van der Waals surface area contributed by atoms with E-state index >= 15 is 0 Å². The van der Waals surface area contributed by atoms with Crippen molar-refractivity contribution in [2.75, 3.05) is 69.7 Å². The van der Waals surface area contributed by atoms with Gasteiger partial charge in [-0.25, -0.2) is 0 Å². The van der Waals surface area contributed by atoms with Gasteiger partial charge in [-0.2, -0.15) is 0 Å². The van der Waals surface area contributed by atoms with E-state index in [2.05, 4.69) is 82.8 Å². The number of ether oxygens (including phenoxy) is 6. The largest absolute Gasteiger partial charge is 1.00 e. The molecule has 0 saturated heterocycles. The van der Waals surface area contributed by atoms with Gasteiger partial charge < -0.3 is 62.2 Å². The number of fused-ring (bicyclic) bond motifs is 2. The van der Waals surface area contributed by atoms with Crippen LogP contribution in [0.15, 0.2) is 60.7 Å². The lowest BCUT2D eigenvalue weighted by Crippen LogP contribution is -3.00. The second-order valence-corrected chi connectivity index (χ2v) is 14.5. The quantitative estimate of drug-likeness (QED) is 0.298. The van der Waals surface area contributed by atoms with Crippen LogP contribution in [0, 0.1) is 0 Å². The number of likely N-dealkylation sites (N-methyl/N-ethyl adjacent to an activating group) is 2. The van der Waals surface area contributed by atoms with E-state index in [4.69, 9.17) is 28.4 Å². The second kappa shape index (κ2) is 14.4. The summed E-state index contributed by atoms with van der Waals surface area (Å²) in [6, 6.07) is 21.6. The van der Waals surface area contributed by atoms with Crippen molar-refractivity contribution in [3.8, 4) is 46.0 Å². The fourth-order valence-corrected chi connectivity index (χ4v) is 7.95. The highest BCUT2D eigenvalue weighted by Crippen LogP contribution is 2.52. The van der Waals surface area contributed by atoms with Crippen molar-refractivity contribution in [1.82, 2.24) is 0 Å². The summed E-state index contributed by atoms with van der Waals surface area (Å²) in [4.78, 5) is 0. The van der Waals surface area contributed by atoms with Crippen LogP contribution in [0.1, 0.15) is 45.5 Å². The molecular formula is C40H48Cl2N2O6. The highest BCUT2D eigenvalue weighted by Gasteiger charge is 2.41. The van der Waals surface area contributed by atoms with Crippen molar-refractivity contribution in [2.45, 2.75) is 37.8 Å². The fraction of sp³-hybridized carbons (Fsp3) is 0.400. The molecule has 0 amide bonds. The second-order valence-electron chi connectivity index (χ2n) is 14.5. The van der Waals surface area contributed by atoms with Gasteiger partial charge in [0, 0.05) is 31.2 Å². The van der Waals surface area contributed by atoms with Crippen LogP contribution < -0.4 is 53.2 Å². The summed E-state index contributed by atoms with van der Waals surface area (Å²) in [5.74, 6) is 5.54. The van der Waals surface area contributed by atoms with E-state index in [9.17, 15) is 0 Å². The molecule has 0 radical (unpaired) electrons. The molecule has 8 nitrogen and oxygen atoms in total. The normalized spacial score (nSPS) is 19.4. The minimum absolute atomic E-state index is 0. The van der Waals surface area contributed by atoms with Gasteiger partial charge in [-0.05, 0) is 64.7 Å². The van der Waals surface area contributed by atoms with E-state index in [1.807, 2.05) is 6.07 Å². The molecule has 4 aromatic carbocycles. The predicted octanol–water partition coefficient (Wildman–Crippen LogP) is 1.46. The topological polar surface area (TPSA) is 55.4 Å². The molecule has 4 heterocycles. The molecule has 8 rings (SSSR count). The van der Waals surface area contributed by atoms with Gasteiger partial charge in [0.1, 0.15) is 17.8 Å². The van der Waals surface area contributed by atoms with E-state index in [1.54, 1.807) is 28.4 Å². The van der Waals surface area contributed by atoms with Crippen LogP contribution in [0.2, 0.25) is 0 Å². The van der Waals surface area contributed by atoms with E-state index in [0.717, 1.165) is 76.1 Å². The van der Waals surface area contributed by atoms with Crippen LogP contribution in [0.5, 0.6) is 46.0 Å². The molecule has 6 bridgehead atoms. The van der Waals surface area contributed by atoms with Crippen molar-refractivity contribution in [1.29, 1.82) is 0 Å². The van der Waals surface area contributed by atoms with Gasteiger partial charge >= 0.3 is 0 Å². The SMILES string of the molecule is COc1ccc2cc1Oc1cc3c(cc1OC)CC[N+](C)(C)C3Cc1ccc(cc1)Oc1c(OC)c(OC)cc3c1C(C2)[N+](C)(C)CC3.[Cl-].[Cl-]. The predicted molar refractivity (Wildman–Crippen MR) is 186 cm³/mol. The highest BCUT2D eigenvalue weighted by atomic mass is 35.5. The molecule has 10 heteroatoms. The zero-order chi connectivity index (χ0) is 33.8. The molecule has 2 atom stereocenters. The molecule has 268 valence electrons. The Morgan fingerprint density at radius 1 is 0.580 bits per heavy atom. The summed E-state index contributed by atoms with van der Waals surface area (Å²) in [5.41, 5.74) is 7.34. The number of halogens is 2. The molecule has 0 spiro atoms. The first-order valence-corrected chi connectivity index (χ1v) is 16.8.